The van der Waals surface area contributed by atoms with E-state index in [9.17, 15) is 4.79 Å². The molecule has 1 heterocycles. The minimum Gasteiger partial charge on any atom is -0.381 e. The Morgan fingerprint density at radius 2 is 1.95 bits per heavy atom. The van der Waals surface area contributed by atoms with Crippen molar-refractivity contribution in [2.24, 2.45) is 5.92 Å². The van der Waals surface area contributed by atoms with Crippen LogP contribution in [-0.2, 0) is 16.0 Å². The molecule has 3 N–H and O–H groups in total. The molecule has 1 saturated carbocycles. The molecule has 1 amide bonds. The number of carbonyl (C=O) groups excluding carboxylic acids is 1. The molecule has 5 nitrogen and oxygen atoms in total. The number of carbonyl (C=O) groups is 1. The summed E-state index contributed by atoms with van der Waals surface area (Å²) in [5.41, 5.74) is 2.28. The molecule has 5 atom stereocenters. The van der Waals surface area contributed by atoms with Crippen LogP contribution in [0.25, 0.3) is 0 Å². The van der Waals surface area contributed by atoms with Gasteiger partial charge in [-0.3, -0.25) is 4.79 Å². The molecular weight excluding hydrogens is 545 g/mol. The van der Waals surface area contributed by atoms with Crippen LogP contribution in [0.4, 0.5) is 10.1 Å². The van der Waals surface area contributed by atoms with Gasteiger partial charge in [-0.1, -0.05) is 36.2 Å². The molecule has 0 bridgehead atoms. The van der Waals surface area contributed by atoms with Crippen molar-refractivity contribution >= 4 is 35.8 Å². The van der Waals surface area contributed by atoms with Crippen molar-refractivity contribution in [3.8, 4) is 0 Å². The molecule has 8 heteroatoms. The molecule has 0 aromatic heterocycles. The first-order chi connectivity index (χ1) is 19.5. The molecule has 0 spiro atoms. The average Bonchev–Trinajstić information content (AvgIpc) is 3.20. The van der Waals surface area contributed by atoms with Crippen LogP contribution in [0.3, 0.4) is 0 Å². The van der Waals surface area contributed by atoms with Gasteiger partial charge in [-0.25, -0.2) is 4.39 Å². The third-order valence-electron chi connectivity index (χ3n) is 8.70. The highest BCUT2D eigenvalue weighted by Crippen LogP contribution is 2.39. The van der Waals surface area contributed by atoms with E-state index in [-0.39, 0.29) is 23.7 Å². The summed E-state index contributed by atoms with van der Waals surface area (Å²) in [4.78, 5) is 13.5. The van der Waals surface area contributed by atoms with Crippen molar-refractivity contribution in [3.05, 3.63) is 64.4 Å². The number of ether oxygens (including phenoxy) is 1. The lowest BCUT2D eigenvalue weighted by atomic mass is 9.74. The maximum atomic E-state index is 15.1. The molecule has 2 fully saturated rings. The highest BCUT2D eigenvalue weighted by molar-refractivity contribution is 7.80. The molecular formula is C32H45ClFN3O2S. The highest BCUT2D eigenvalue weighted by Gasteiger charge is 2.31. The molecule has 2 aliphatic rings. The van der Waals surface area contributed by atoms with Crippen molar-refractivity contribution in [3.63, 3.8) is 0 Å². The topological polar surface area (TPSA) is 62.4 Å². The molecule has 2 aromatic rings. The number of amides is 1. The van der Waals surface area contributed by atoms with Gasteiger partial charge in [0.15, 0.2) is 0 Å². The average molecular weight is 590 g/mol. The van der Waals surface area contributed by atoms with Gasteiger partial charge in [0, 0.05) is 48.4 Å². The molecule has 1 aliphatic heterocycles. The number of nitrogens with one attached hydrogen (secondary N) is 3. The quantitative estimate of drug-likeness (QED) is 0.207. The lowest BCUT2D eigenvalue weighted by molar-refractivity contribution is -0.117. The molecule has 5 unspecified atom stereocenters. The van der Waals surface area contributed by atoms with Crippen molar-refractivity contribution in [1.82, 2.24) is 10.6 Å². The monoisotopic (exact) mass is 589 g/mol. The second-order valence-corrected chi connectivity index (χ2v) is 12.3. The molecule has 1 saturated heterocycles. The maximum absolute atomic E-state index is 15.1. The van der Waals surface area contributed by atoms with E-state index in [0.717, 1.165) is 75.8 Å². The van der Waals surface area contributed by atoms with E-state index in [1.54, 1.807) is 13.2 Å². The first kappa shape index (κ1) is 31.3. The minimum absolute atomic E-state index is 0.0467. The summed E-state index contributed by atoms with van der Waals surface area (Å²) in [5, 5.41) is 11.0. The number of thiol groups is 1. The van der Waals surface area contributed by atoms with Crippen LogP contribution in [0.2, 0.25) is 5.02 Å². The molecule has 220 valence electrons. The number of hydrogen-bond acceptors (Lipinski definition) is 5. The standard InChI is InChI=1S/C32H45ClFN3O2S/c1-39-27-7-2-5-23(19-27)29(22-10-12-24(33)13-11-22)20-32(38)37-31-9-3-8-30(34)28(31)15-14-25-16-17-35-26(21-36-25)6-4-18-40/h3,8-13,23,25-27,29,35-36,40H,2,4-7,14-21H2,1H3,(H,37,38). The Kier molecular flexibility index (Phi) is 12.6. The second kappa shape index (κ2) is 16.1. The van der Waals surface area contributed by atoms with E-state index >= 15 is 4.39 Å². The van der Waals surface area contributed by atoms with E-state index in [4.69, 9.17) is 16.3 Å². The van der Waals surface area contributed by atoms with Crippen molar-refractivity contribution < 1.29 is 13.9 Å². The summed E-state index contributed by atoms with van der Waals surface area (Å²) in [7, 11) is 1.77. The summed E-state index contributed by atoms with van der Waals surface area (Å²) in [6.07, 6.45) is 9.28. The van der Waals surface area contributed by atoms with Crippen LogP contribution < -0.4 is 16.0 Å². The van der Waals surface area contributed by atoms with Gasteiger partial charge in [-0.15, -0.1) is 0 Å². The first-order valence-electron chi connectivity index (χ1n) is 14.9. The van der Waals surface area contributed by atoms with Gasteiger partial charge in [0.1, 0.15) is 5.82 Å². The summed E-state index contributed by atoms with van der Waals surface area (Å²) < 4.78 is 20.7. The zero-order valence-corrected chi connectivity index (χ0v) is 25.3. The normalized spacial score (nSPS) is 24.3. The van der Waals surface area contributed by atoms with Crippen LogP contribution in [0.15, 0.2) is 42.5 Å². The van der Waals surface area contributed by atoms with E-state index in [0.29, 0.717) is 47.1 Å². The highest BCUT2D eigenvalue weighted by atomic mass is 35.5. The number of anilines is 1. The molecule has 0 radical (unpaired) electrons. The smallest absolute Gasteiger partial charge is 0.225 e. The summed E-state index contributed by atoms with van der Waals surface area (Å²) in [5.74, 6) is 0.934. The van der Waals surface area contributed by atoms with Crippen LogP contribution in [0.5, 0.6) is 0 Å². The lowest BCUT2D eigenvalue weighted by Crippen LogP contribution is -2.37. The predicted molar refractivity (Wildman–Crippen MR) is 166 cm³/mol. The Hall–Kier alpha value is -1.64. The van der Waals surface area contributed by atoms with Crippen molar-refractivity contribution in [2.75, 3.05) is 31.3 Å². The zero-order valence-electron chi connectivity index (χ0n) is 23.6. The molecule has 2 aromatic carbocycles. The first-order valence-corrected chi connectivity index (χ1v) is 15.9. The second-order valence-electron chi connectivity index (χ2n) is 11.4. The van der Waals surface area contributed by atoms with Gasteiger partial charge in [0.25, 0.3) is 0 Å². The fourth-order valence-corrected chi connectivity index (χ4v) is 6.72. The largest absolute Gasteiger partial charge is 0.381 e. The summed E-state index contributed by atoms with van der Waals surface area (Å²) >= 11 is 10.5. The van der Waals surface area contributed by atoms with Gasteiger partial charge >= 0.3 is 0 Å². The van der Waals surface area contributed by atoms with Gasteiger partial charge < -0.3 is 20.7 Å². The number of halogens is 2. The van der Waals surface area contributed by atoms with E-state index in [1.165, 1.54) is 6.07 Å². The Labute approximate surface area is 249 Å². The van der Waals surface area contributed by atoms with Gasteiger partial charge in [0.2, 0.25) is 5.91 Å². The third-order valence-corrected chi connectivity index (χ3v) is 9.27. The Morgan fingerprint density at radius 1 is 1.12 bits per heavy atom. The van der Waals surface area contributed by atoms with E-state index in [2.05, 4.69) is 28.6 Å². The van der Waals surface area contributed by atoms with Crippen LogP contribution in [0, 0.1) is 11.7 Å². The van der Waals surface area contributed by atoms with Crippen LogP contribution in [-0.4, -0.2) is 50.0 Å². The lowest BCUT2D eigenvalue weighted by Gasteiger charge is -2.34. The van der Waals surface area contributed by atoms with Gasteiger partial charge in [-0.05, 0) is 105 Å². The van der Waals surface area contributed by atoms with Gasteiger partial charge in [0.05, 0.1) is 6.10 Å². The zero-order chi connectivity index (χ0) is 28.3. The van der Waals surface area contributed by atoms with Crippen LogP contribution in [0.1, 0.15) is 74.8 Å². The predicted octanol–water partition coefficient (Wildman–Crippen LogP) is 6.76. The Balaban J connectivity index is 1.41. The van der Waals surface area contributed by atoms with Gasteiger partial charge in [-0.2, -0.15) is 12.6 Å². The maximum Gasteiger partial charge on any atom is 0.225 e. The number of rotatable bonds is 12. The number of methoxy groups -OCH3 is 1. The fraction of sp³-hybridized carbons (Fsp3) is 0.594. The number of benzene rings is 2. The molecule has 40 heavy (non-hydrogen) atoms. The van der Waals surface area contributed by atoms with Crippen molar-refractivity contribution in [1.29, 1.82) is 0 Å². The number of hydrogen-bond donors (Lipinski definition) is 4. The third kappa shape index (κ3) is 9.18. The Morgan fingerprint density at radius 3 is 2.73 bits per heavy atom. The van der Waals surface area contributed by atoms with E-state index in [1.807, 2.05) is 30.3 Å². The van der Waals surface area contributed by atoms with E-state index < -0.39 is 0 Å². The van der Waals surface area contributed by atoms with Crippen LogP contribution >= 0.6 is 24.2 Å². The molecule has 1 aliphatic carbocycles. The fourth-order valence-electron chi connectivity index (χ4n) is 6.41. The summed E-state index contributed by atoms with van der Waals surface area (Å²) in [6.45, 7) is 1.86. The SMILES string of the molecule is COC1CCCC(C(CC(=O)Nc2cccc(F)c2CCC2CCNC(CCCS)CN2)c2ccc(Cl)cc2)C1. The van der Waals surface area contributed by atoms with Crippen molar-refractivity contribution in [2.45, 2.75) is 88.3 Å². The summed E-state index contributed by atoms with van der Waals surface area (Å²) in [6, 6.07) is 13.6. The minimum atomic E-state index is -0.263. The Bertz CT molecular complexity index is 1070. The molecule has 4 rings (SSSR count).